The van der Waals surface area contributed by atoms with Crippen molar-refractivity contribution in [3.63, 3.8) is 0 Å². The molecule has 0 radical (unpaired) electrons. The first kappa shape index (κ1) is 18.1. The van der Waals surface area contributed by atoms with Crippen LogP contribution in [0.5, 0.6) is 0 Å². The van der Waals surface area contributed by atoms with Crippen LogP contribution in [0.1, 0.15) is 10.4 Å². The third-order valence-corrected chi connectivity index (χ3v) is 3.84. The Bertz CT molecular complexity index is 1120. The van der Waals surface area contributed by atoms with Gasteiger partial charge in [-0.05, 0) is 24.3 Å². The maximum Gasteiger partial charge on any atom is 0.340 e. The Kier molecular flexibility index (Phi) is 4.90. The first-order chi connectivity index (χ1) is 12.8. The van der Waals surface area contributed by atoms with Gasteiger partial charge in [-0.1, -0.05) is 11.6 Å². The third kappa shape index (κ3) is 4.12. The molecule has 11 heteroatoms. The number of H-pyrrole nitrogens is 2. The van der Waals surface area contributed by atoms with Gasteiger partial charge in [0.2, 0.25) is 0 Å². The van der Waals surface area contributed by atoms with Crippen LogP contribution in [0.25, 0.3) is 11.0 Å². The Morgan fingerprint density at radius 1 is 1.15 bits per heavy atom. The van der Waals surface area contributed by atoms with Crippen LogP contribution in [0, 0.1) is 10.1 Å². The van der Waals surface area contributed by atoms with Crippen molar-refractivity contribution >= 4 is 45.9 Å². The van der Waals surface area contributed by atoms with Crippen molar-refractivity contribution in [2.75, 3.05) is 11.9 Å². The highest BCUT2D eigenvalue weighted by Crippen LogP contribution is 2.22. The van der Waals surface area contributed by atoms with Crippen molar-refractivity contribution in [1.82, 2.24) is 9.97 Å². The molecule has 0 bridgehead atoms. The summed E-state index contributed by atoms with van der Waals surface area (Å²) >= 11 is 5.84. The lowest BCUT2D eigenvalue weighted by atomic mass is 10.2. The number of nitro groups is 1. The third-order valence-electron chi connectivity index (χ3n) is 3.51. The molecule has 2 aromatic carbocycles. The summed E-state index contributed by atoms with van der Waals surface area (Å²) in [4.78, 5) is 50.4. The molecule has 0 aliphatic carbocycles. The minimum Gasteiger partial charge on any atom is -0.452 e. The topological polar surface area (TPSA) is 147 Å². The molecule has 0 atom stereocenters. The number of hydrogen-bond acceptors (Lipinski definition) is 6. The quantitative estimate of drug-likeness (QED) is 0.345. The van der Waals surface area contributed by atoms with Crippen LogP contribution < -0.4 is 11.0 Å². The summed E-state index contributed by atoms with van der Waals surface area (Å²) in [6.45, 7) is -0.625. The number of aromatic nitrogens is 2. The van der Waals surface area contributed by atoms with Gasteiger partial charge in [-0.3, -0.25) is 14.9 Å². The summed E-state index contributed by atoms with van der Waals surface area (Å²) in [6.07, 6.45) is 0. The van der Waals surface area contributed by atoms with Gasteiger partial charge in [-0.2, -0.15) is 0 Å². The first-order valence-electron chi connectivity index (χ1n) is 7.46. The molecule has 0 aliphatic heterocycles. The number of esters is 1. The molecule has 138 valence electrons. The Morgan fingerprint density at radius 2 is 1.89 bits per heavy atom. The van der Waals surface area contributed by atoms with E-state index in [9.17, 15) is 24.5 Å². The minimum atomic E-state index is -0.968. The molecule has 0 saturated carbocycles. The summed E-state index contributed by atoms with van der Waals surface area (Å²) in [5.74, 6) is -1.61. The van der Waals surface area contributed by atoms with E-state index in [4.69, 9.17) is 16.3 Å². The Hall–Kier alpha value is -3.66. The second-order valence-corrected chi connectivity index (χ2v) is 5.79. The van der Waals surface area contributed by atoms with Gasteiger partial charge in [0.1, 0.15) is 0 Å². The fourth-order valence-electron chi connectivity index (χ4n) is 2.30. The van der Waals surface area contributed by atoms with E-state index in [0.29, 0.717) is 16.7 Å². The van der Waals surface area contributed by atoms with Crippen molar-refractivity contribution in [2.45, 2.75) is 0 Å². The number of nitro benzene ring substituents is 1. The monoisotopic (exact) mass is 390 g/mol. The summed E-state index contributed by atoms with van der Waals surface area (Å²) in [5.41, 5.74) is 0.529. The number of non-ortho nitro benzene ring substituents is 1. The molecule has 0 spiro atoms. The molecule has 10 nitrogen and oxygen atoms in total. The molecular formula is C16H11ClN4O6. The van der Waals surface area contributed by atoms with Gasteiger partial charge in [0, 0.05) is 17.8 Å². The normalized spacial score (nSPS) is 10.6. The van der Waals surface area contributed by atoms with E-state index >= 15 is 0 Å². The Balaban J connectivity index is 1.64. The summed E-state index contributed by atoms with van der Waals surface area (Å²) in [7, 11) is 0. The molecule has 1 aromatic heterocycles. The number of benzene rings is 2. The van der Waals surface area contributed by atoms with Crippen molar-refractivity contribution in [3.05, 3.63) is 67.6 Å². The zero-order valence-corrected chi connectivity index (χ0v) is 14.2. The maximum absolute atomic E-state index is 12.0. The van der Waals surface area contributed by atoms with Crippen LogP contribution in [-0.2, 0) is 9.53 Å². The molecule has 3 rings (SSSR count). The van der Waals surface area contributed by atoms with Crippen molar-refractivity contribution in [2.24, 2.45) is 0 Å². The SMILES string of the molecule is O=C(COC(=O)c1cc([N+](=O)[O-])ccc1Cl)Nc1ccc2[nH]c(=O)[nH]c2c1. The number of hydrogen-bond donors (Lipinski definition) is 3. The number of fused-ring (bicyclic) bond motifs is 1. The molecule has 0 unspecified atom stereocenters. The van der Waals surface area contributed by atoms with Gasteiger partial charge in [-0.25, -0.2) is 9.59 Å². The Labute approximate surface area is 155 Å². The predicted molar refractivity (Wildman–Crippen MR) is 95.9 cm³/mol. The van der Waals surface area contributed by atoms with Gasteiger partial charge in [0.25, 0.3) is 11.6 Å². The number of anilines is 1. The fraction of sp³-hybridized carbons (Fsp3) is 0.0625. The van der Waals surface area contributed by atoms with E-state index in [1.807, 2.05) is 0 Å². The predicted octanol–water partition coefficient (Wildman–Crippen LogP) is 2.21. The lowest BCUT2D eigenvalue weighted by Gasteiger charge is -2.07. The van der Waals surface area contributed by atoms with Gasteiger partial charge in [-0.15, -0.1) is 0 Å². The highest BCUT2D eigenvalue weighted by Gasteiger charge is 2.18. The van der Waals surface area contributed by atoms with Crippen LogP contribution in [0.4, 0.5) is 11.4 Å². The maximum atomic E-state index is 12.0. The number of ether oxygens (including phenoxy) is 1. The fourth-order valence-corrected chi connectivity index (χ4v) is 2.49. The summed E-state index contributed by atoms with van der Waals surface area (Å²) < 4.78 is 4.85. The van der Waals surface area contributed by atoms with Crippen LogP contribution in [-0.4, -0.2) is 33.4 Å². The molecule has 0 fully saturated rings. The van der Waals surface area contributed by atoms with Gasteiger partial charge in [0.05, 0.1) is 26.5 Å². The van der Waals surface area contributed by atoms with Gasteiger partial charge in [0.15, 0.2) is 6.61 Å². The molecule has 0 aliphatic rings. The molecule has 3 N–H and O–H groups in total. The molecular weight excluding hydrogens is 380 g/mol. The minimum absolute atomic E-state index is 0.0344. The second kappa shape index (κ2) is 7.30. The largest absolute Gasteiger partial charge is 0.452 e. The average molecular weight is 391 g/mol. The van der Waals surface area contributed by atoms with E-state index in [0.717, 1.165) is 12.1 Å². The van der Waals surface area contributed by atoms with Crippen molar-refractivity contribution < 1.29 is 19.2 Å². The first-order valence-corrected chi connectivity index (χ1v) is 7.84. The van der Waals surface area contributed by atoms with Crippen LogP contribution in [0.3, 0.4) is 0 Å². The highest BCUT2D eigenvalue weighted by atomic mass is 35.5. The van der Waals surface area contributed by atoms with Crippen molar-refractivity contribution in [1.29, 1.82) is 0 Å². The standard InChI is InChI=1S/C16H11ClN4O6/c17-11-3-2-9(21(25)26)6-10(11)15(23)27-7-14(22)18-8-1-4-12-13(5-8)20-16(24)19-12/h1-6H,7H2,(H,18,22)(H2,19,20,24). The zero-order chi connectivity index (χ0) is 19.6. The summed E-state index contributed by atoms with van der Waals surface area (Å²) in [6, 6.07) is 8.00. The number of halogens is 1. The van der Waals surface area contributed by atoms with E-state index in [1.54, 1.807) is 12.1 Å². The number of carbonyl (C=O) groups excluding carboxylic acids is 2. The van der Waals surface area contributed by atoms with E-state index in [-0.39, 0.29) is 22.0 Å². The number of imidazole rings is 1. The lowest BCUT2D eigenvalue weighted by Crippen LogP contribution is -2.21. The number of aromatic amines is 2. The van der Waals surface area contributed by atoms with Gasteiger partial charge < -0.3 is 20.0 Å². The van der Waals surface area contributed by atoms with E-state index < -0.39 is 23.4 Å². The second-order valence-electron chi connectivity index (χ2n) is 5.39. The molecule has 3 aromatic rings. The van der Waals surface area contributed by atoms with Crippen molar-refractivity contribution in [3.8, 4) is 0 Å². The number of carbonyl (C=O) groups is 2. The lowest BCUT2D eigenvalue weighted by molar-refractivity contribution is -0.384. The van der Waals surface area contributed by atoms with Crippen LogP contribution in [0.2, 0.25) is 5.02 Å². The smallest absolute Gasteiger partial charge is 0.340 e. The van der Waals surface area contributed by atoms with E-state index in [2.05, 4.69) is 15.3 Å². The molecule has 1 heterocycles. The molecule has 0 saturated heterocycles. The number of rotatable bonds is 5. The van der Waals surface area contributed by atoms with Crippen LogP contribution in [0.15, 0.2) is 41.2 Å². The average Bonchev–Trinajstić information content (AvgIpc) is 2.99. The van der Waals surface area contributed by atoms with Gasteiger partial charge >= 0.3 is 11.7 Å². The zero-order valence-electron chi connectivity index (χ0n) is 13.4. The summed E-state index contributed by atoms with van der Waals surface area (Å²) in [5, 5.41) is 13.2. The molecule has 27 heavy (non-hydrogen) atoms. The number of nitrogens with zero attached hydrogens (tertiary/aromatic N) is 1. The van der Waals surface area contributed by atoms with Crippen LogP contribution >= 0.6 is 11.6 Å². The Morgan fingerprint density at radius 3 is 2.63 bits per heavy atom. The number of nitrogens with one attached hydrogen (secondary N) is 3. The number of amides is 1. The molecule has 1 amide bonds. The highest BCUT2D eigenvalue weighted by molar-refractivity contribution is 6.33. The van der Waals surface area contributed by atoms with E-state index in [1.165, 1.54) is 12.1 Å².